The standard InChI is InChI=1S/C20H17N3O3S2/c1-13-3-6-16(7-4-13)23(14(2)24)20-22-15(12-27-20)5-9-18-21-11-17(28-18)8-10-19(25)26/h3-12H,1-2H3,(H,25,26). The highest BCUT2D eigenvalue weighted by molar-refractivity contribution is 7.14. The molecule has 0 saturated carbocycles. The van der Waals surface area contributed by atoms with Gasteiger partial charge in [-0.25, -0.2) is 14.8 Å². The van der Waals surface area contributed by atoms with Crippen LogP contribution in [0.1, 0.15) is 28.1 Å². The number of carboxylic acid groups (broad SMARTS) is 1. The molecule has 0 atom stereocenters. The van der Waals surface area contributed by atoms with E-state index in [4.69, 9.17) is 5.11 Å². The minimum atomic E-state index is -0.996. The molecule has 3 rings (SSSR count). The molecule has 6 nitrogen and oxygen atoms in total. The molecule has 142 valence electrons. The van der Waals surface area contributed by atoms with Crippen molar-refractivity contribution in [1.29, 1.82) is 0 Å². The molecule has 0 bridgehead atoms. The summed E-state index contributed by atoms with van der Waals surface area (Å²) in [6.45, 7) is 3.51. The van der Waals surface area contributed by atoms with Crippen LogP contribution in [0.15, 0.2) is 41.9 Å². The Morgan fingerprint density at radius 2 is 1.89 bits per heavy atom. The Labute approximate surface area is 170 Å². The molecule has 8 heteroatoms. The first kappa shape index (κ1) is 19.7. The summed E-state index contributed by atoms with van der Waals surface area (Å²) in [4.78, 5) is 33.8. The first-order valence-corrected chi connectivity index (χ1v) is 10.00. The highest BCUT2D eigenvalue weighted by Crippen LogP contribution is 2.29. The first-order valence-electron chi connectivity index (χ1n) is 8.30. The average molecular weight is 412 g/mol. The topological polar surface area (TPSA) is 83.4 Å². The lowest BCUT2D eigenvalue weighted by atomic mass is 10.2. The van der Waals surface area contributed by atoms with Gasteiger partial charge in [0.25, 0.3) is 0 Å². The molecule has 2 heterocycles. The Morgan fingerprint density at radius 3 is 2.57 bits per heavy atom. The maximum atomic E-state index is 12.1. The van der Waals surface area contributed by atoms with E-state index in [1.807, 2.05) is 48.7 Å². The molecule has 0 aliphatic carbocycles. The fraction of sp³-hybridized carbons (Fsp3) is 0.100. The van der Waals surface area contributed by atoms with Crippen LogP contribution in [-0.2, 0) is 9.59 Å². The number of carbonyl (C=O) groups excluding carboxylic acids is 1. The van der Waals surface area contributed by atoms with Gasteiger partial charge in [-0.05, 0) is 37.3 Å². The molecule has 1 aromatic carbocycles. The molecule has 0 unspecified atom stereocenters. The zero-order valence-electron chi connectivity index (χ0n) is 15.2. The van der Waals surface area contributed by atoms with E-state index in [-0.39, 0.29) is 5.91 Å². The van der Waals surface area contributed by atoms with Crippen molar-refractivity contribution in [2.45, 2.75) is 13.8 Å². The van der Waals surface area contributed by atoms with Crippen LogP contribution in [0.3, 0.4) is 0 Å². The summed E-state index contributed by atoms with van der Waals surface area (Å²) in [5.74, 6) is -1.10. The fourth-order valence-corrected chi connectivity index (χ4v) is 3.92. The van der Waals surface area contributed by atoms with Crippen LogP contribution in [0.5, 0.6) is 0 Å². The van der Waals surface area contributed by atoms with Gasteiger partial charge in [0.15, 0.2) is 5.13 Å². The number of rotatable bonds is 6. The molecule has 0 spiro atoms. The second-order valence-corrected chi connectivity index (χ2v) is 7.78. The lowest BCUT2D eigenvalue weighted by Gasteiger charge is -2.18. The Hall–Kier alpha value is -3.10. The molecule has 2 aromatic heterocycles. The highest BCUT2D eigenvalue weighted by Gasteiger charge is 2.17. The van der Waals surface area contributed by atoms with Gasteiger partial charge >= 0.3 is 5.97 Å². The number of aromatic nitrogens is 2. The highest BCUT2D eigenvalue weighted by atomic mass is 32.1. The van der Waals surface area contributed by atoms with Crippen LogP contribution in [0.25, 0.3) is 18.2 Å². The van der Waals surface area contributed by atoms with Crippen molar-refractivity contribution in [1.82, 2.24) is 9.97 Å². The molecule has 0 fully saturated rings. The number of nitrogens with zero attached hydrogens (tertiary/aromatic N) is 3. The van der Waals surface area contributed by atoms with Gasteiger partial charge in [0.2, 0.25) is 5.91 Å². The van der Waals surface area contributed by atoms with Crippen molar-refractivity contribution in [2.75, 3.05) is 4.90 Å². The number of aryl methyl sites for hydroxylation is 1. The number of carboxylic acids is 1. The molecule has 1 amide bonds. The smallest absolute Gasteiger partial charge is 0.328 e. The zero-order valence-corrected chi connectivity index (χ0v) is 16.8. The van der Waals surface area contributed by atoms with E-state index in [9.17, 15) is 9.59 Å². The number of thiazole rings is 2. The summed E-state index contributed by atoms with van der Waals surface area (Å²) >= 11 is 2.76. The third-order valence-corrected chi connectivity index (χ3v) is 5.41. The largest absolute Gasteiger partial charge is 0.478 e. The Balaban J connectivity index is 1.77. The van der Waals surface area contributed by atoms with Gasteiger partial charge in [0, 0.05) is 29.5 Å². The van der Waals surface area contributed by atoms with Crippen molar-refractivity contribution >= 4 is 63.6 Å². The zero-order chi connectivity index (χ0) is 20.1. The van der Waals surface area contributed by atoms with Crippen molar-refractivity contribution in [3.05, 3.63) is 63.1 Å². The van der Waals surface area contributed by atoms with Crippen LogP contribution in [0, 0.1) is 6.92 Å². The Bertz CT molecular complexity index is 1050. The van der Waals surface area contributed by atoms with Crippen molar-refractivity contribution in [3.8, 4) is 0 Å². The summed E-state index contributed by atoms with van der Waals surface area (Å²) in [5.41, 5.74) is 2.62. The molecule has 0 aliphatic rings. The van der Waals surface area contributed by atoms with Crippen LogP contribution in [-0.4, -0.2) is 27.0 Å². The summed E-state index contributed by atoms with van der Waals surface area (Å²) in [5, 5.41) is 11.9. The van der Waals surface area contributed by atoms with E-state index in [1.54, 1.807) is 11.1 Å². The summed E-state index contributed by atoms with van der Waals surface area (Å²) in [7, 11) is 0. The lowest BCUT2D eigenvalue weighted by Crippen LogP contribution is -2.22. The van der Waals surface area contributed by atoms with Gasteiger partial charge in [-0.1, -0.05) is 17.7 Å². The molecule has 0 saturated heterocycles. The van der Waals surface area contributed by atoms with Crippen LogP contribution in [0.4, 0.5) is 10.8 Å². The van der Waals surface area contributed by atoms with Crippen LogP contribution in [0.2, 0.25) is 0 Å². The lowest BCUT2D eigenvalue weighted by molar-refractivity contribution is -0.131. The van der Waals surface area contributed by atoms with Crippen LogP contribution < -0.4 is 4.90 Å². The predicted octanol–water partition coefficient (Wildman–Crippen LogP) is 4.86. The van der Waals surface area contributed by atoms with E-state index < -0.39 is 5.97 Å². The maximum absolute atomic E-state index is 12.1. The number of anilines is 2. The number of amides is 1. The minimum Gasteiger partial charge on any atom is -0.478 e. The number of hydrogen-bond donors (Lipinski definition) is 1. The van der Waals surface area contributed by atoms with E-state index in [1.165, 1.54) is 35.7 Å². The molecule has 28 heavy (non-hydrogen) atoms. The molecular formula is C20H17N3O3S2. The average Bonchev–Trinajstić information content (AvgIpc) is 3.29. The summed E-state index contributed by atoms with van der Waals surface area (Å²) in [6.07, 6.45) is 7.83. The van der Waals surface area contributed by atoms with Gasteiger partial charge in [-0.15, -0.1) is 22.7 Å². The van der Waals surface area contributed by atoms with Gasteiger partial charge < -0.3 is 5.11 Å². The van der Waals surface area contributed by atoms with Crippen LogP contribution >= 0.6 is 22.7 Å². The first-order chi connectivity index (χ1) is 13.4. The van der Waals surface area contributed by atoms with E-state index in [2.05, 4.69) is 9.97 Å². The number of aliphatic carboxylic acids is 1. The summed E-state index contributed by atoms with van der Waals surface area (Å²) in [6, 6.07) is 7.71. The Kier molecular flexibility index (Phi) is 6.13. The molecule has 0 aliphatic heterocycles. The van der Waals surface area contributed by atoms with Gasteiger partial charge in [0.05, 0.1) is 11.4 Å². The molecular weight excluding hydrogens is 394 g/mol. The van der Waals surface area contributed by atoms with Gasteiger partial charge in [0.1, 0.15) is 5.01 Å². The monoisotopic (exact) mass is 411 g/mol. The molecule has 0 radical (unpaired) electrons. The SMILES string of the molecule is CC(=O)N(c1ccc(C)cc1)c1nc(C=Cc2ncc(C=CC(=O)O)s2)cs1. The van der Waals surface area contributed by atoms with E-state index in [0.29, 0.717) is 5.13 Å². The molecule has 1 N–H and O–H groups in total. The number of benzene rings is 1. The van der Waals surface area contributed by atoms with E-state index >= 15 is 0 Å². The third-order valence-electron chi connectivity index (χ3n) is 3.64. The second-order valence-electron chi connectivity index (χ2n) is 5.85. The minimum absolute atomic E-state index is 0.108. The Morgan fingerprint density at radius 1 is 1.14 bits per heavy atom. The predicted molar refractivity (Wildman–Crippen MR) is 114 cm³/mol. The number of carbonyl (C=O) groups is 2. The summed E-state index contributed by atoms with van der Waals surface area (Å²) < 4.78 is 0. The fourth-order valence-electron chi connectivity index (χ4n) is 2.34. The maximum Gasteiger partial charge on any atom is 0.328 e. The normalized spacial score (nSPS) is 11.4. The van der Waals surface area contributed by atoms with Gasteiger partial charge in [-0.3, -0.25) is 9.69 Å². The second kappa shape index (κ2) is 8.73. The van der Waals surface area contributed by atoms with E-state index in [0.717, 1.165) is 32.9 Å². The molecule has 3 aromatic rings. The van der Waals surface area contributed by atoms with Crippen molar-refractivity contribution < 1.29 is 14.7 Å². The third kappa shape index (κ3) is 4.99. The van der Waals surface area contributed by atoms with Crippen molar-refractivity contribution in [2.24, 2.45) is 0 Å². The van der Waals surface area contributed by atoms with Crippen molar-refractivity contribution in [3.63, 3.8) is 0 Å². The quantitative estimate of drug-likeness (QED) is 0.586. The number of hydrogen-bond acceptors (Lipinski definition) is 6. The van der Waals surface area contributed by atoms with Gasteiger partial charge in [-0.2, -0.15) is 0 Å².